The first-order valence-corrected chi connectivity index (χ1v) is 8.64. The van der Waals surface area contributed by atoms with Gasteiger partial charge >= 0.3 is 0 Å². The molecule has 1 aliphatic heterocycles. The lowest BCUT2D eigenvalue weighted by atomic mass is 10.1. The fraction of sp³-hybridized carbons (Fsp3) is 0.647. The molecule has 4 heteroatoms. The Hall–Kier alpha value is -0.770. The molecule has 2 fully saturated rings. The van der Waals surface area contributed by atoms with Gasteiger partial charge in [0, 0.05) is 38.8 Å². The second-order valence-electron chi connectivity index (χ2n) is 6.22. The van der Waals surface area contributed by atoms with Crippen LogP contribution in [0.5, 0.6) is 0 Å². The highest BCUT2D eigenvalue weighted by atomic mass is 35.5. The van der Waals surface area contributed by atoms with Crippen molar-refractivity contribution in [2.24, 2.45) is 0 Å². The van der Waals surface area contributed by atoms with Crippen molar-refractivity contribution in [1.29, 1.82) is 0 Å². The molecule has 1 aromatic carbocycles. The molecule has 0 unspecified atom stereocenters. The van der Waals surface area contributed by atoms with Gasteiger partial charge in [0.05, 0.1) is 10.7 Å². The molecule has 0 radical (unpaired) electrons. The number of nitrogens with zero attached hydrogens (tertiary/aromatic N) is 2. The molecule has 21 heavy (non-hydrogen) atoms. The first kappa shape index (κ1) is 15.1. The summed E-state index contributed by atoms with van der Waals surface area (Å²) in [5.74, 6) is 0. The summed E-state index contributed by atoms with van der Waals surface area (Å²) in [6, 6.07) is 7.40. The summed E-state index contributed by atoms with van der Waals surface area (Å²) in [5, 5.41) is 4.32. The molecule has 1 heterocycles. The Balaban J connectivity index is 1.57. The molecule has 0 spiro atoms. The van der Waals surface area contributed by atoms with E-state index in [4.69, 9.17) is 11.6 Å². The Morgan fingerprint density at radius 2 is 1.95 bits per heavy atom. The second kappa shape index (κ2) is 6.99. The van der Waals surface area contributed by atoms with Crippen molar-refractivity contribution in [2.75, 3.05) is 37.6 Å². The van der Waals surface area contributed by atoms with Crippen LogP contribution in [0.1, 0.15) is 31.7 Å². The van der Waals surface area contributed by atoms with Gasteiger partial charge < -0.3 is 10.2 Å². The Labute approximate surface area is 133 Å². The molecule has 0 bridgehead atoms. The number of benzene rings is 1. The van der Waals surface area contributed by atoms with Crippen molar-refractivity contribution in [3.63, 3.8) is 0 Å². The summed E-state index contributed by atoms with van der Waals surface area (Å²) in [6.07, 6.45) is 3.97. The maximum Gasteiger partial charge on any atom is 0.0642 e. The zero-order chi connectivity index (χ0) is 14.7. The van der Waals surface area contributed by atoms with Gasteiger partial charge in [-0.25, -0.2) is 0 Å². The molecule has 0 amide bonds. The van der Waals surface area contributed by atoms with Crippen LogP contribution in [0.25, 0.3) is 0 Å². The summed E-state index contributed by atoms with van der Waals surface area (Å²) in [4.78, 5) is 5.07. The van der Waals surface area contributed by atoms with Gasteiger partial charge in [-0.2, -0.15) is 0 Å². The number of nitrogens with one attached hydrogen (secondary N) is 1. The molecule has 116 valence electrons. The lowest BCUT2D eigenvalue weighted by Gasteiger charge is -2.36. The largest absolute Gasteiger partial charge is 0.368 e. The topological polar surface area (TPSA) is 18.5 Å². The molecule has 3 rings (SSSR count). The maximum atomic E-state index is 6.50. The van der Waals surface area contributed by atoms with E-state index in [2.05, 4.69) is 40.2 Å². The van der Waals surface area contributed by atoms with Crippen LogP contribution in [-0.4, -0.2) is 43.7 Å². The van der Waals surface area contributed by atoms with E-state index >= 15 is 0 Å². The molecule has 0 atom stereocenters. The molecule has 3 nitrogen and oxygen atoms in total. The van der Waals surface area contributed by atoms with Gasteiger partial charge in [0.25, 0.3) is 0 Å². The maximum absolute atomic E-state index is 6.50. The lowest BCUT2D eigenvalue weighted by molar-refractivity contribution is 0.248. The van der Waals surface area contributed by atoms with Crippen LogP contribution in [0.3, 0.4) is 0 Å². The zero-order valence-electron chi connectivity index (χ0n) is 12.9. The van der Waals surface area contributed by atoms with Crippen molar-refractivity contribution in [2.45, 2.75) is 38.8 Å². The summed E-state index contributed by atoms with van der Waals surface area (Å²) >= 11 is 6.50. The molecule has 1 N–H and O–H groups in total. The monoisotopic (exact) mass is 307 g/mol. The van der Waals surface area contributed by atoms with E-state index in [1.54, 1.807) is 0 Å². The fourth-order valence-electron chi connectivity index (χ4n) is 3.09. The Kier molecular flexibility index (Phi) is 5.04. The number of halogens is 1. The normalized spacial score (nSPS) is 20.0. The van der Waals surface area contributed by atoms with Crippen LogP contribution >= 0.6 is 11.6 Å². The average molecular weight is 308 g/mol. The van der Waals surface area contributed by atoms with Crippen LogP contribution in [0.15, 0.2) is 18.2 Å². The highest BCUT2D eigenvalue weighted by molar-refractivity contribution is 6.33. The van der Waals surface area contributed by atoms with E-state index in [-0.39, 0.29) is 0 Å². The van der Waals surface area contributed by atoms with Crippen molar-refractivity contribution in [3.05, 3.63) is 28.8 Å². The summed E-state index contributed by atoms with van der Waals surface area (Å²) < 4.78 is 0. The minimum absolute atomic E-state index is 0.884. The predicted octanol–water partition coefficient (Wildman–Crippen LogP) is 3.12. The highest BCUT2D eigenvalue weighted by Crippen LogP contribution is 2.31. The third kappa shape index (κ3) is 3.91. The highest BCUT2D eigenvalue weighted by Gasteiger charge is 2.31. The smallest absolute Gasteiger partial charge is 0.0642 e. The van der Waals surface area contributed by atoms with Gasteiger partial charge in [-0.15, -0.1) is 0 Å². The van der Waals surface area contributed by atoms with Gasteiger partial charge in [0.2, 0.25) is 0 Å². The number of hydrogen-bond acceptors (Lipinski definition) is 3. The lowest BCUT2D eigenvalue weighted by Crippen LogP contribution is -2.47. The molecule has 2 aliphatic rings. The van der Waals surface area contributed by atoms with Gasteiger partial charge in [-0.1, -0.05) is 24.6 Å². The van der Waals surface area contributed by atoms with E-state index < -0.39 is 0 Å². The van der Waals surface area contributed by atoms with Crippen LogP contribution < -0.4 is 10.2 Å². The number of anilines is 1. The minimum atomic E-state index is 0.884. The van der Waals surface area contributed by atoms with Crippen molar-refractivity contribution < 1.29 is 0 Å². The van der Waals surface area contributed by atoms with Crippen molar-refractivity contribution in [3.8, 4) is 0 Å². The van der Waals surface area contributed by atoms with Crippen molar-refractivity contribution in [1.82, 2.24) is 10.2 Å². The van der Waals surface area contributed by atoms with Crippen LogP contribution in [0, 0.1) is 0 Å². The SMILES string of the molecule is CCCNCc1ccc(N2CCN(C3CC3)CC2)c(Cl)c1. The van der Waals surface area contributed by atoms with E-state index in [9.17, 15) is 0 Å². The van der Waals surface area contributed by atoms with Gasteiger partial charge in [-0.3, -0.25) is 4.90 Å². The number of hydrogen-bond donors (Lipinski definition) is 1. The van der Waals surface area contributed by atoms with Gasteiger partial charge in [-0.05, 0) is 43.5 Å². The third-order valence-electron chi connectivity index (χ3n) is 4.49. The molecule has 1 saturated heterocycles. The minimum Gasteiger partial charge on any atom is -0.368 e. The van der Waals surface area contributed by atoms with E-state index in [1.165, 1.54) is 37.2 Å². The Morgan fingerprint density at radius 3 is 2.57 bits per heavy atom. The van der Waals surface area contributed by atoms with Crippen molar-refractivity contribution >= 4 is 17.3 Å². The van der Waals surface area contributed by atoms with E-state index in [0.717, 1.165) is 43.7 Å². The second-order valence-corrected chi connectivity index (χ2v) is 6.62. The van der Waals surface area contributed by atoms with Crippen LogP contribution in [0.4, 0.5) is 5.69 Å². The number of piperazine rings is 1. The third-order valence-corrected chi connectivity index (χ3v) is 4.79. The standard InChI is InChI=1S/C17H26ClN3/c1-2-7-19-13-14-3-6-17(16(18)12-14)21-10-8-20(9-11-21)15-4-5-15/h3,6,12,15,19H,2,4-5,7-11,13H2,1H3. The van der Waals surface area contributed by atoms with Gasteiger partial charge in [0.1, 0.15) is 0 Å². The van der Waals surface area contributed by atoms with E-state index in [0.29, 0.717) is 0 Å². The van der Waals surface area contributed by atoms with Gasteiger partial charge in [0.15, 0.2) is 0 Å². The average Bonchev–Trinajstić information content (AvgIpc) is 3.33. The molecule has 1 saturated carbocycles. The molecule has 1 aromatic rings. The first-order chi connectivity index (χ1) is 10.3. The molecular formula is C17H26ClN3. The first-order valence-electron chi connectivity index (χ1n) is 8.26. The summed E-state index contributed by atoms with van der Waals surface area (Å²) in [5.41, 5.74) is 2.47. The van der Waals surface area contributed by atoms with Crippen LogP contribution in [-0.2, 0) is 6.54 Å². The molecule has 1 aliphatic carbocycles. The van der Waals surface area contributed by atoms with Crippen LogP contribution in [0.2, 0.25) is 5.02 Å². The number of rotatable bonds is 6. The Morgan fingerprint density at radius 1 is 1.19 bits per heavy atom. The quantitative estimate of drug-likeness (QED) is 0.815. The molecular weight excluding hydrogens is 282 g/mol. The summed E-state index contributed by atoms with van der Waals surface area (Å²) in [6.45, 7) is 8.71. The molecule has 0 aromatic heterocycles. The Bertz CT molecular complexity index is 465. The summed E-state index contributed by atoms with van der Waals surface area (Å²) in [7, 11) is 0. The van der Waals surface area contributed by atoms with E-state index in [1.807, 2.05) is 0 Å². The zero-order valence-corrected chi connectivity index (χ0v) is 13.7. The fourth-order valence-corrected chi connectivity index (χ4v) is 3.42. The predicted molar refractivity (Wildman–Crippen MR) is 90.3 cm³/mol.